The fraction of sp³-hybridized carbons (Fsp3) is 0.0870. The van der Waals surface area contributed by atoms with Crippen LogP contribution in [0, 0.1) is 0 Å². The minimum atomic E-state index is -0.242. The molecule has 0 atom stereocenters. The zero-order valence-electron chi connectivity index (χ0n) is 15.1. The topological polar surface area (TPSA) is 38.3 Å². The second-order valence-electron chi connectivity index (χ2n) is 6.54. The first-order chi connectivity index (χ1) is 13.5. The number of anilines is 1. The van der Waals surface area contributed by atoms with Crippen molar-refractivity contribution in [2.45, 2.75) is 6.42 Å². The molecule has 3 aromatic carbocycles. The maximum Gasteiger partial charge on any atom is 0.248 e. The maximum absolute atomic E-state index is 12.4. The van der Waals surface area contributed by atoms with Gasteiger partial charge in [-0.2, -0.15) is 0 Å². The van der Waals surface area contributed by atoms with Gasteiger partial charge in [0.2, 0.25) is 5.91 Å². The number of carbonyl (C=O) groups excluding carboxylic acids is 1. The number of ether oxygens (including phenoxy) is 1. The van der Waals surface area contributed by atoms with E-state index in [0.29, 0.717) is 21.4 Å². The number of hydrogen-bond acceptors (Lipinski definition) is 2. The largest absolute Gasteiger partial charge is 0.495 e. The lowest BCUT2D eigenvalue weighted by Gasteiger charge is -2.08. The van der Waals surface area contributed by atoms with E-state index in [2.05, 4.69) is 29.6 Å². The Morgan fingerprint density at radius 3 is 2.64 bits per heavy atom. The van der Waals surface area contributed by atoms with Crippen LogP contribution in [-0.4, -0.2) is 13.0 Å². The first-order valence-electron chi connectivity index (χ1n) is 8.78. The summed E-state index contributed by atoms with van der Waals surface area (Å²) < 4.78 is 5.29. The number of benzene rings is 3. The van der Waals surface area contributed by atoms with E-state index in [1.54, 1.807) is 18.2 Å². The number of amides is 1. The van der Waals surface area contributed by atoms with Crippen LogP contribution < -0.4 is 10.1 Å². The van der Waals surface area contributed by atoms with Gasteiger partial charge in [-0.05, 0) is 59.0 Å². The highest BCUT2D eigenvalue weighted by Crippen LogP contribution is 2.37. The highest BCUT2D eigenvalue weighted by molar-refractivity contribution is 6.36. The van der Waals surface area contributed by atoms with Crippen LogP contribution in [0.25, 0.3) is 17.2 Å². The molecule has 0 spiro atoms. The van der Waals surface area contributed by atoms with Crippen molar-refractivity contribution < 1.29 is 9.53 Å². The predicted molar refractivity (Wildman–Crippen MR) is 115 cm³/mol. The molecule has 0 saturated carbocycles. The van der Waals surface area contributed by atoms with Crippen molar-refractivity contribution in [2.75, 3.05) is 12.4 Å². The van der Waals surface area contributed by atoms with Gasteiger partial charge in [-0.3, -0.25) is 4.79 Å². The molecule has 0 bridgehead atoms. The van der Waals surface area contributed by atoms with Gasteiger partial charge in [-0.1, -0.05) is 53.5 Å². The molecule has 1 amide bonds. The second-order valence-corrected chi connectivity index (χ2v) is 7.38. The Morgan fingerprint density at radius 1 is 1.04 bits per heavy atom. The maximum atomic E-state index is 12.4. The standard InChI is InChI=1S/C23H17Cl2NO2/c1-28-23-15(11-17(24)13-21(23)25)6-9-22(27)26-18-7-8-20-16(12-18)10-14-4-2-3-5-19(14)20/h2-9,11-13H,10H2,1H3,(H,26,27). The molecule has 5 heteroatoms. The Kier molecular flexibility index (Phi) is 5.12. The number of hydrogen-bond donors (Lipinski definition) is 1. The highest BCUT2D eigenvalue weighted by atomic mass is 35.5. The van der Waals surface area contributed by atoms with Crippen molar-refractivity contribution in [1.29, 1.82) is 0 Å². The minimum absolute atomic E-state index is 0.242. The van der Waals surface area contributed by atoms with Crippen LogP contribution in [0.15, 0.2) is 60.7 Å². The van der Waals surface area contributed by atoms with Gasteiger partial charge in [-0.15, -0.1) is 0 Å². The van der Waals surface area contributed by atoms with Crippen molar-refractivity contribution in [3.05, 3.63) is 87.4 Å². The molecule has 28 heavy (non-hydrogen) atoms. The van der Waals surface area contributed by atoms with E-state index in [1.165, 1.54) is 35.4 Å². The lowest BCUT2D eigenvalue weighted by molar-refractivity contribution is -0.111. The first-order valence-corrected chi connectivity index (χ1v) is 9.54. The number of carbonyl (C=O) groups is 1. The number of halogens is 2. The van der Waals surface area contributed by atoms with Crippen LogP contribution in [0.2, 0.25) is 10.0 Å². The monoisotopic (exact) mass is 409 g/mol. The van der Waals surface area contributed by atoms with E-state index in [-0.39, 0.29) is 5.91 Å². The van der Waals surface area contributed by atoms with Gasteiger partial charge in [0.25, 0.3) is 0 Å². The van der Waals surface area contributed by atoms with Gasteiger partial charge in [0, 0.05) is 22.3 Å². The molecular weight excluding hydrogens is 393 g/mol. The van der Waals surface area contributed by atoms with Gasteiger partial charge >= 0.3 is 0 Å². The molecule has 3 nitrogen and oxygen atoms in total. The molecule has 0 fully saturated rings. The normalized spacial score (nSPS) is 12.0. The molecular formula is C23H17Cl2NO2. The lowest BCUT2D eigenvalue weighted by Crippen LogP contribution is -2.08. The van der Waals surface area contributed by atoms with Gasteiger partial charge < -0.3 is 10.1 Å². The van der Waals surface area contributed by atoms with Gasteiger partial charge in [-0.25, -0.2) is 0 Å². The number of rotatable bonds is 4. The Labute approximate surface area is 173 Å². The lowest BCUT2D eigenvalue weighted by atomic mass is 10.1. The summed E-state index contributed by atoms with van der Waals surface area (Å²) in [5, 5.41) is 3.78. The number of nitrogens with one attached hydrogen (secondary N) is 1. The van der Waals surface area contributed by atoms with E-state index >= 15 is 0 Å². The van der Waals surface area contributed by atoms with Crippen molar-refractivity contribution in [3.63, 3.8) is 0 Å². The predicted octanol–water partition coefficient (Wildman–Crippen LogP) is 6.23. The van der Waals surface area contributed by atoms with Gasteiger partial charge in [0.05, 0.1) is 12.1 Å². The van der Waals surface area contributed by atoms with E-state index in [0.717, 1.165) is 12.1 Å². The molecule has 3 aromatic rings. The smallest absolute Gasteiger partial charge is 0.248 e. The molecule has 4 rings (SSSR count). The van der Waals surface area contributed by atoms with E-state index in [9.17, 15) is 4.79 Å². The number of methoxy groups -OCH3 is 1. The quantitative estimate of drug-likeness (QED) is 0.406. The van der Waals surface area contributed by atoms with Crippen LogP contribution in [0.3, 0.4) is 0 Å². The van der Waals surface area contributed by atoms with E-state index in [1.807, 2.05) is 18.2 Å². The zero-order valence-corrected chi connectivity index (χ0v) is 16.6. The van der Waals surface area contributed by atoms with Crippen LogP contribution in [-0.2, 0) is 11.2 Å². The average molecular weight is 410 g/mol. The van der Waals surface area contributed by atoms with Gasteiger partial charge in [0.1, 0.15) is 5.75 Å². The molecule has 0 aliphatic heterocycles. The molecule has 1 N–H and O–H groups in total. The fourth-order valence-corrected chi connectivity index (χ4v) is 4.08. The molecule has 1 aliphatic carbocycles. The Balaban J connectivity index is 1.51. The van der Waals surface area contributed by atoms with Crippen molar-refractivity contribution in [3.8, 4) is 16.9 Å². The summed E-state index contributed by atoms with van der Waals surface area (Å²) in [5.74, 6) is 0.235. The van der Waals surface area contributed by atoms with Crippen LogP contribution in [0.1, 0.15) is 16.7 Å². The number of fused-ring (bicyclic) bond motifs is 3. The first kappa shape index (κ1) is 18.6. The summed E-state index contributed by atoms with van der Waals surface area (Å²) >= 11 is 12.2. The van der Waals surface area contributed by atoms with Crippen molar-refractivity contribution >= 4 is 40.9 Å². The molecule has 0 aromatic heterocycles. The summed E-state index contributed by atoms with van der Waals surface area (Å²) in [4.78, 5) is 12.4. The Hall–Kier alpha value is -2.75. The summed E-state index contributed by atoms with van der Waals surface area (Å²) in [6.45, 7) is 0. The third-order valence-electron chi connectivity index (χ3n) is 4.72. The van der Waals surface area contributed by atoms with E-state index < -0.39 is 0 Å². The average Bonchev–Trinajstić information content (AvgIpc) is 3.03. The van der Waals surface area contributed by atoms with Gasteiger partial charge in [0.15, 0.2) is 0 Å². The molecule has 0 heterocycles. The third-order valence-corrected chi connectivity index (χ3v) is 5.22. The molecule has 140 valence electrons. The fourth-order valence-electron chi connectivity index (χ4n) is 3.49. The van der Waals surface area contributed by atoms with Crippen molar-refractivity contribution in [1.82, 2.24) is 0 Å². The second kappa shape index (κ2) is 7.70. The van der Waals surface area contributed by atoms with Crippen molar-refractivity contribution in [2.24, 2.45) is 0 Å². The van der Waals surface area contributed by atoms with E-state index in [4.69, 9.17) is 27.9 Å². The third kappa shape index (κ3) is 3.64. The molecule has 1 aliphatic rings. The van der Waals surface area contributed by atoms with Crippen LogP contribution in [0.4, 0.5) is 5.69 Å². The summed E-state index contributed by atoms with van der Waals surface area (Å²) in [7, 11) is 1.52. The van der Waals surface area contributed by atoms with Crippen LogP contribution >= 0.6 is 23.2 Å². The summed E-state index contributed by atoms with van der Waals surface area (Å²) in [6.07, 6.45) is 3.95. The Morgan fingerprint density at radius 2 is 1.82 bits per heavy atom. The highest BCUT2D eigenvalue weighted by Gasteiger charge is 2.18. The van der Waals surface area contributed by atoms with Crippen LogP contribution in [0.5, 0.6) is 5.75 Å². The molecule has 0 saturated heterocycles. The summed E-state index contributed by atoms with van der Waals surface area (Å²) in [6, 6.07) is 17.7. The minimum Gasteiger partial charge on any atom is -0.495 e. The zero-order chi connectivity index (χ0) is 19.7. The molecule has 0 radical (unpaired) electrons. The molecule has 0 unspecified atom stereocenters. The Bertz CT molecular complexity index is 1110. The SMILES string of the molecule is COc1c(Cl)cc(Cl)cc1C=CC(=O)Nc1ccc2c(c1)Cc1ccccc1-2. The summed E-state index contributed by atoms with van der Waals surface area (Å²) in [5.41, 5.74) is 6.41.